The average Bonchev–Trinajstić information content (AvgIpc) is 3.35. The summed E-state index contributed by atoms with van der Waals surface area (Å²) in [4.78, 5) is 17.5. The SMILES string of the molecule is CCn1c(SCC(=O)N(C)Cc2ccc(N(C)C)cc2)nnc1-c1cccs1. The molecule has 0 saturated heterocycles. The highest BCUT2D eigenvalue weighted by molar-refractivity contribution is 7.99. The highest BCUT2D eigenvalue weighted by atomic mass is 32.2. The van der Waals surface area contributed by atoms with Gasteiger partial charge in [-0.1, -0.05) is 30.0 Å². The maximum atomic E-state index is 12.6. The van der Waals surface area contributed by atoms with E-state index in [0.29, 0.717) is 12.3 Å². The smallest absolute Gasteiger partial charge is 0.233 e. The Morgan fingerprint density at radius 3 is 2.50 bits per heavy atom. The summed E-state index contributed by atoms with van der Waals surface area (Å²) in [6.07, 6.45) is 0. The Morgan fingerprint density at radius 2 is 1.89 bits per heavy atom. The molecule has 2 heterocycles. The van der Waals surface area contributed by atoms with Crippen LogP contribution in [0.15, 0.2) is 46.9 Å². The first-order valence-corrected chi connectivity index (χ1v) is 11.0. The molecule has 0 unspecified atom stereocenters. The first-order chi connectivity index (χ1) is 13.5. The number of carbonyl (C=O) groups excluding carboxylic acids is 1. The highest BCUT2D eigenvalue weighted by Crippen LogP contribution is 2.27. The van der Waals surface area contributed by atoms with E-state index in [2.05, 4.69) is 50.9 Å². The second-order valence-corrected chi connectivity index (χ2v) is 8.52. The van der Waals surface area contributed by atoms with Gasteiger partial charge in [-0.15, -0.1) is 21.5 Å². The fraction of sp³-hybridized carbons (Fsp3) is 0.350. The number of aromatic nitrogens is 3. The summed E-state index contributed by atoms with van der Waals surface area (Å²) in [5.74, 6) is 1.28. The van der Waals surface area contributed by atoms with Crippen molar-refractivity contribution in [1.82, 2.24) is 19.7 Å². The molecule has 148 valence electrons. The highest BCUT2D eigenvalue weighted by Gasteiger charge is 2.16. The zero-order valence-electron chi connectivity index (χ0n) is 16.6. The second-order valence-electron chi connectivity index (χ2n) is 6.63. The van der Waals surface area contributed by atoms with Crippen molar-refractivity contribution >= 4 is 34.7 Å². The minimum Gasteiger partial charge on any atom is -0.378 e. The average molecular weight is 416 g/mol. The number of thioether (sulfide) groups is 1. The summed E-state index contributed by atoms with van der Waals surface area (Å²) in [6.45, 7) is 3.43. The molecule has 0 bridgehead atoms. The second kappa shape index (κ2) is 9.25. The third-order valence-corrected chi connectivity index (χ3v) is 6.21. The van der Waals surface area contributed by atoms with Crippen LogP contribution in [0.2, 0.25) is 0 Å². The Hall–Kier alpha value is -2.32. The molecule has 0 aliphatic carbocycles. The van der Waals surface area contributed by atoms with Gasteiger partial charge in [0.15, 0.2) is 11.0 Å². The molecule has 8 heteroatoms. The maximum absolute atomic E-state index is 12.6. The van der Waals surface area contributed by atoms with E-state index in [-0.39, 0.29) is 5.91 Å². The summed E-state index contributed by atoms with van der Waals surface area (Å²) in [6, 6.07) is 12.3. The van der Waals surface area contributed by atoms with Gasteiger partial charge < -0.3 is 14.4 Å². The van der Waals surface area contributed by atoms with E-state index < -0.39 is 0 Å². The minimum absolute atomic E-state index is 0.0741. The van der Waals surface area contributed by atoms with Crippen LogP contribution in [0.1, 0.15) is 12.5 Å². The molecule has 2 aromatic heterocycles. The number of benzene rings is 1. The molecule has 3 aromatic rings. The summed E-state index contributed by atoms with van der Waals surface area (Å²) in [7, 11) is 5.87. The molecule has 0 N–H and O–H groups in total. The normalized spacial score (nSPS) is 10.9. The van der Waals surface area contributed by atoms with Crippen molar-refractivity contribution in [3.8, 4) is 10.7 Å². The first-order valence-electron chi connectivity index (χ1n) is 9.09. The zero-order chi connectivity index (χ0) is 20.1. The molecule has 6 nitrogen and oxygen atoms in total. The number of carbonyl (C=O) groups is 1. The van der Waals surface area contributed by atoms with E-state index in [1.54, 1.807) is 16.2 Å². The van der Waals surface area contributed by atoms with E-state index in [0.717, 1.165) is 33.7 Å². The van der Waals surface area contributed by atoms with Gasteiger partial charge in [-0.25, -0.2) is 0 Å². The van der Waals surface area contributed by atoms with E-state index in [9.17, 15) is 4.79 Å². The predicted molar refractivity (Wildman–Crippen MR) is 117 cm³/mol. The standard InChI is InChI=1S/C20H25N5OS2/c1-5-25-19(17-7-6-12-27-17)21-22-20(25)28-14-18(26)24(4)13-15-8-10-16(11-9-15)23(2)3/h6-12H,5,13-14H2,1-4H3. The van der Waals surface area contributed by atoms with Crippen LogP contribution in [0.25, 0.3) is 10.7 Å². The fourth-order valence-electron chi connectivity index (χ4n) is 2.77. The van der Waals surface area contributed by atoms with Crippen molar-refractivity contribution in [1.29, 1.82) is 0 Å². The molecule has 0 aliphatic rings. The van der Waals surface area contributed by atoms with Gasteiger partial charge in [0, 0.05) is 39.9 Å². The van der Waals surface area contributed by atoms with Crippen LogP contribution < -0.4 is 4.90 Å². The number of hydrogen-bond donors (Lipinski definition) is 0. The van der Waals surface area contributed by atoms with Crippen LogP contribution in [0.5, 0.6) is 0 Å². The topological polar surface area (TPSA) is 54.3 Å². The van der Waals surface area contributed by atoms with Crippen molar-refractivity contribution < 1.29 is 4.79 Å². The van der Waals surface area contributed by atoms with Crippen LogP contribution in [0, 0.1) is 0 Å². The molecule has 28 heavy (non-hydrogen) atoms. The van der Waals surface area contributed by atoms with E-state index >= 15 is 0 Å². The van der Waals surface area contributed by atoms with Crippen molar-refractivity contribution in [3.63, 3.8) is 0 Å². The lowest BCUT2D eigenvalue weighted by molar-refractivity contribution is -0.127. The first kappa shape index (κ1) is 20.4. The molecular weight excluding hydrogens is 390 g/mol. The Bertz CT molecular complexity index is 903. The molecule has 0 atom stereocenters. The number of anilines is 1. The van der Waals surface area contributed by atoms with Crippen molar-refractivity contribution in [2.75, 3.05) is 31.8 Å². The lowest BCUT2D eigenvalue weighted by Gasteiger charge is -2.18. The van der Waals surface area contributed by atoms with Gasteiger partial charge in [0.1, 0.15) is 0 Å². The monoisotopic (exact) mass is 415 g/mol. The van der Waals surface area contributed by atoms with Crippen LogP contribution in [0.3, 0.4) is 0 Å². The van der Waals surface area contributed by atoms with E-state index in [1.807, 2.05) is 38.7 Å². The fourth-order valence-corrected chi connectivity index (χ4v) is 4.43. The minimum atomic E-state index is 0.0741. The molecular formula is C20H25N5OS2. The van der Waals surface area contributed by atoms with E-state index in [1.165, 1.54) is 11.8 Å². The van der Waals surface area contributed by atoms with Crippen LogP contribution in [-0.4, -0.2) is 52.5 Å². The summed E-state index contributed by atoms with van der Waals surface area (Å²) in [5.41, 5.74) is 2.26. The van der Waals surface area contributed by atoms with Crippen molar-refractivity contribution in [2.24, 2.45) is 0 Å². The molecule has 0 spiro atoms. The molecule has 1 aromatic carbocycles. The molecule has 0 saturated carbocycles. The number of hydrogen-bond acceptors (Lipinski definition) is 6. The van der Waals surface area contributed by atoms with Gasteiger partial charge >= 0.3 is 0 Å². The molecule has 1 amide bonds. The molecule has 0 fully saturated rings. The van der Waals surface area contributed by atoms with Gasteiger partial charge in [-0.3, -0.25) is 4.79 Å². The number of rotatable bonds is 8. The largest absolute Gasteiger partial charge is 0.378 e. The molecule has 3 rings (SSSR count). The molecule has 0 radical (unpaired) electrons. The van der Waals surface area contributed by atoms with Gasteiger partial charge in [0.25, 0.3) is 0 Å². The summed E-state index contributed by atoms with van der Waals surface area (Å²) in [5, 5.41) is 11.4. The third kappa shape index (κ3) is 4.74. The Labute approximate surface area is 174 Å². The number of thiophene rings is 1. The Balaban J connectivity index is 1.59. The predicted octanol–water partition coefficient (Wildman–Crippen LogP) is 3.84. The van der Waals surface area contributed by atoms with Gasteiger partial charge in [0.05, 0.1) is 10.6 Å². The summed E-state index contributed by atoms with van der Waals surface area (Å²) < 4.78 is 2.06. The quantitative estimate of drug-likeness (QED) is 0.523. The molecule has 0 aliphatic heterocycles. The summed E-state index contributed by atoms with van der Waals surface area (Å²) >= 11 is 3.08. The van der Waals surface area contributed by atoms with Gasteiger partial charge in [-0.2, -0.15) is 0 Å². The Kier molecular flexibility index (Phi) is 6.74. The number of nitrogens with zero attached hydrogens (tertiary/aromatic N) is 5. The van der Waals surface area contributed by atoms with Crippen LogP contribution in [0.4, 0.5) is 5.69 Å². The van der Waals surface area contributed by atoms with Crippen LogP contribution in [-0.2, 0) is 17.9 Å². The maximum Gasteiger partial charge on any atom is 0.233 e. The lowest BCUT2D eigenvalue weighted by Crippen LogP contribution is -2.28. The van der Waals surface area contributed by atoms with Gasteiger partial charge in [-0.05, 0) is 36.1 Å². The zero-order valence-corrected chi connectivity index (χ0v) is 18.3. The lowest BCUT2D eigenvalue weighted by atomic mass is 10.2. The van der Waals surface area contributed by atoms with Gasteiger partial charge in [0.2, 0.25) is 5.91 Å². The number of amides is 1. The van der Waals surface area contributed by atoms with Crippen molar-refractivity contribution in [3.05, 3.63) is 47.3 Å². The van der Waals surface area contributed by atoms with Crippen LogP contribution >= 0.6 is 23.1 Å². The van der Waals surface area contributed by atoms with Crippen molar-refractivity contribution in [2.45, 2.75) is 25.2 Å². The third-order valence-electron chi connectivity index (χ3n) is 4.40. The van der Waals surface area contributed by atoms with E-state index in [4.69, 9.17) is 0 Å². The Morgan fingerprint density at radius 1 is 1.14 bits per heavy atom.